The van der Waals surface area contributed by atoms with Crippen LogP contribution in [0.2, 0.25) is 0 Å². The van der Waals surface area contributed by atoms with Gasteiger partial charge in [0.15, 0.2) is 0 Å². The zero-order chi connectivity index (χ0) is 9.68. The molecule has 0 saturated carbocycles. The highest BCUT2D eigenvalue weighted by atomic mass is 16.7. The lowest BCUT2D eigenvalue weighted by Crippen LogP contribution is -2.37. The van der Waals surface area contributed by atoms with Crippen molar-refractivity contribution in [3.63, 3.8) is 0 Å². The van der Waals surface area contributed by atoms with Crippen molar-refractivity contribution in [2.75, 3.05) is 7.11 Å². The van der Waals surface area contributed by atoms with Crippen molar-refractivity contribution in [3.05, 3.63) is 12.2 Å². The highest BCUT2D eigenvalue weighted by Gasteiger charge is 2.15. The Morgan fingerprint density at radius 3 is 2.92 bits per heavy atom. The van der Waals surface area contributed by atoms with Gasteiger partial charge in [-0.3, -0.25) is 4.84 Å². The minimum absolute atomic E-state index is 0.121. The van der Waals surface area contributed by atoms with Crippen LogP contribution in [-0.2, 0) is 14.4 Å². The number of nitrogens with one attached hydrogen (secondary N) is 1. The summed E-state index contributed by atoms with van der Waals surface area (Å²) >= 11 is 0. The summed E-state index contributed by atoms with van der Waals surface area (Å²) in [7, 11) is 1.36. The average Bonchev–Trinajstić information content (AvgIpc) is 2.16. The fraction of sp³-hybridized carbons (Fsp3) is 0.667. The maximum atomic E-state index is 10.7. The number of carbonyl (C=O) groups excluding carboxylic acids is 1. The molecule has 1 aliphatic heterocycles. The summed E-state index contributed by atoms with van der Waals surface area (Å²) in [5.41, 5.74) is 2.85. The third kappa shape index (κ3) is 3.57. The van der Waals surface area contributed by atoms with Crippen LogP contribution < -0.4 is 5.48 Å². The zero-order valence-corrected chi connectivity index (χ0v) is 7.95. The highest BCUT2D eigenvalue weighted by Crippen LogP contribution is 2.11. The van der Waals surface area contributed by atoms with Crippen molar-refractivity contribution >= 4 is 5.97 Å². The van der Waals surface area contributed by atoms with Crippen LogP contribution in [0.15, 0.2) is 12.2 Å². The molecule has 0 aromatic carbocycles. The van der Waals surface area contributed by atoms with Crippen molar-refractivity contribution in [1.82, 2.24) is 5.48 Å². The third-order valence-electron chi connectivity index (χ3n) is 1.97. The van der Waals surface area contributed by atoms with Crippen molar-refractivity contribution in [2.24, 2.45) is 0 Å². The molecule has 4 nitrogen and oxygen atoms in total. The second-order valence-corrected chi connectivity index (χ2v) is 3.11. The zero-order valence-electron chi connectivity index (χ0n) is 7.95. The van der Waals surface area contributed by atoms with Gasteiger partial charge in [-0.25, -0.2) is 4.79 Å². The summed E-state index contributed by atoms with van der Waals surface area (Å²) < 4.78 is 4.47. The molecule has 0 spiro atoms. The molecule has 1 heterocycles. The van der Waals surface area contributed by atoms with E-state index >= 15 is 0 Å². The number of rotatable bonds is 2. The Balaban J connectivity index is 2.29. The summed E-state index contributed by atoms with van der Waals surface area (Å²) in [6.07, 6.45) is 5.41. The van der Waals surface area contributed by atoms with Crippen LogP contribution in [0.25, 0.3) is 0 Å². The molecule has 0 bridgehead atoms. The molecule has 74 valence electrons. The molecule has 1 fully saturated rings. The highest BCUT2D eigenvalue weighted by molar-refractivity contribution is 5.81. The Hall–Kier alpha value is -0.870. The predicted molar refractivity (Wildman–Crippen MR) is 47.9 cm³/mol. The van der Waals surface area contributed by atoms with Gasteiger partial charge in [0, 0.05) is 6.08 Å². The molecular formula is C9H15NO3. The molecular weight excluding hydrogens is 170 g/mol. The predicted octanol–water partition coefficient (Wildman–Crippen LogP) is 0.788. The molecule has 1 N–H and O–H groups in total. The first kappa shape index (κ1) is 10.2. The molecule has 2 atom stereocenters. The number of hydroxylamine groups is 1. The Morgan fingerprint density at radius 2 is 2.38 bits per heavy atom. The molecule has 0 amide bonds. The van der Waals surface area contributed by atoms with Crippen LogP contribution in [0.1, 0.15) is 19.8 Å². The Labute approximate surface area is 77.9 Å². The summed E-state index contributed by atoms with van der Waals surface area (Å²) in [6.45, 7) is 2.01. The normalized spacial score (nSPS) is 29.1. The molecule has 0 aromatic rings. The lowest BCUT2D eigenvalue weighted by Gasteiger charge is -2.25. The second kappa shape index (κ2) is 4.99. The van der Waals surface area contributed by atoms with Crippen LogP contribution >= 0.6 is 0 Å². The number of methoxy groups -OCH3 is 1. The second-order valence-electron chi connectivity index (χ2n) is 3.11. The Morgan fingerprint density at radius 1 is 1.62 bits per heavy atom. The molecule has 13 heavy (non-hydrogen) atoms. The van der Waals surface area contributed by atoms with Gasteiger partial charge in [-0.15, -0.1) is 0 Å². The van der Waals surface area contributed by atoms with Gasteiger partial charge >= 0.3 is 5.97 Å². The summed E-state index contributed by atoms with van der Waals surface area (Å²) in [4.78, 5) is 15.9. The first-order chi connectivity index (χ1) is 6.22. The first-order valence-electron chi connectivity index (χ1n) is 4.39. The van der Waals surface area contributed by atoms with Gasteiger partial charge in [-0.1, -0.05) is 6.08 Å². The van der Waals surface area contributed by atoms with E-state index in [0.717, 1.165) is 12.8 Å². The van der Waals surface area contributed by atoms with E-state index in [1.54, 1.807) is 6.08 Å². The van der Waals surface area contributed by atoms with Crippen LogP contribution in [0.5, 0.6) is 0 Å². The van der Waals surface area contributed by atoms with Crippen LogP contribution in [0, 0.1) is 0 Å². The topological polar surface area (TPSA) is 47.6 Å². The molecule has 0 aromatic heterocycles. The average molecular weight is 185 g/mol. The summed E-state index contributed by atoms with van der Waals surface area (Å²) in [5, 5.41) is 0. The van der Waals surface area contributed by atoms with Gasteiger partial charge in [-0.05, 0) is 19.8 Å². The molecule has 0 aliphatic carbocycles. The Bertz CT molecular complexity index is 195. The molecule has 0 unspecified atom stereocenters. The molecule has 1 rings (SSSR count). The van der Waals surface area contributed by atoms with Gasteiger partial charge in [0.1, 0.15) is 0 Å². The summed E-state index contributed by atoms with van der Waals surface area (Å²) in [5.74, 6) is -0.333. The molecule has 0 radical (unpaired) electrons. The van der Waals surface area contributed by atoms with E-state index in [4.69, 9.17) is 4.84 Å². The number of ether oxygens (including phenoxy) is 1. The molecule has 1 aliphatic rings. The number of hydrogen-bond acceptors (Lipinski definition) is 4. The van der Waals surface area contributed by atoms with Gasteiger partial charge in [0.25, 0.3) is 0 Å². The van der Waals surface area contributed by atoms with E-state index < -0.39 is 0 Å². The third-order valence-corrected chi connectivity index (χ3v) is 1.97. The van der Waals surface area contributed by atoms with Gasteiger partial charge < -0.3 is 4.74 Å². The van der Waals surface area contributed by atoms with E-state index in [1.807, 2.05) is 6.92 Å². The lowest BCUT2D eigenvalue weighted by molar-refractivity contribution is -0.134. The van der Waals surface area contributed by atoms with Crippen molar-refractivity contribution in [3.8, 4) is 0 Å². The lowest BCUT2D eigenvalue weighted by atomic mass is 10.1. The largest absolute Gasteiger partial charge is 0.466 e. The standard InChI is InChI=1S/C9H15NO3/c1-7-3-4-8(10-13-7)5-6-9(11)12-2/h5-8,10H,3-4H2,1-2H3/b6-5+/t7-,8+/m1/s1. The molecule has 4 heteroatoms. The first-order valence-corrected chi connectivity index (χ1v) is 4.39. The fourth-order valence-electron chi connectivity index (χ4n) is 1.13. The number of esters is 1. The van der Waals surface area contributed by atoms with Crippen LogP contribution in [0.4, 0.5) is 0 Å². The maximum absolute atomic E-state index is 10.7. The van der Waals surface area contributed by atoms with Crippen molar-refractivity contribution in [1.29, 1.82) is 0 Å². The quantitative estimate of drug-likeness (QED) is 0.510. The molecule has 1 saturated heterocycles. The van der Waals surface area contributed by atoms with E-state index in [-0.39, 0.29) is 18.1 Å². The van der Waals surface area contributed by atoms with Gasteiger partial charge in [0.05, 0.1) is 19.3 Å². The van der Waals surface area contributed by atoms with E-state index in [9.17, 15) is 4.79 Å². The Kier molecular flexibility index (Phi) is 3.92. The van der Waals surface area contributed by atoms with Gasteiger partial charge in [0.2, 0.25) is 0 Å². The smallest absolute Gasteiger partial charge is 0.330 e. The summed E-state index contributed by atoms with van der Waals surface area (Å²) in [6, 6.07) is 0.121. The maximum Gasteiger partial charge on any atom is 0.330 e. The fourth-order valence-corrected chi connectivity index (χ4v) is 1.13. The van der Waals surface area contributed by atoms with Crippen LogP contribution in [0.3, 0.4) is 0 Å². The van der Waals surface area contributed by atoms with Gasteiger partial charge in [-0.2, -0.15) is 5.48 Å². The number of hydrogen-bond donors (Lipinski definition) is 1. The van der Waals surface area contributed by atoms with E-state index in [2.05, 4.69) is 10.2 Å². The minimum Gasteiger partial charge on any atom is -0.466 e. The SMILES string of the molecule is COC(=O)/C=C/[C@@H]1CC[C@@H](C)ON1. The van der Waals surface area contributed by atoms with Crippen molar-refractivity contribution < 1.29 is 14.4 Å². The van der Waals surface area contributed by atoms with E-state index in [1.165, 1.54) is 13.2 Å². The minimum atomic E-state index is -0.333. The van der Waals surface area contributed by atoms with E-state index in [0.29, 0.717) is 0 Å². The monoisotopic (exact) mass is 185 g/mol. The van der Waals surface area contributed by atoms with Crippen molar-refractivity contribution in [2.45, 2.75) is 31.9 Å². The van der Waals surface area contributed by atoms with Crippen LogP contribution in [-0.4, -0.2) is 25.2 Å². The number of carbonyl (C=O) groups is 1.